The molecule has 1 atom stereocenters. The van der Waals surface area contributed by atoms with Crippen LogP contribution in [0.5, 0.6) is 0 Å². The predicted molar refractivity (Wildman–Crippen MR) is 148 cm³/mol. The Morgan fingerprint density at radius 3 is 2.61 bits per heavy atom. The molecule has 44 heavy (non-hydrogen) atoms. The van der Waals surface area contributed by atoms with Crippen LogP contribution < -0.4 is 15.9 Å². The molecule has 1 amide bonds. The van der Waals surface area contributed by atoms with Crippen LogP contribution in [0.4, 0.5) is 19.1 Å². The molecule has 5 rings (SSSR count). The van der Waals surface area contributed by atoms with Gasteiger partial charge >= 0.3 is 17.8 Å². The van der Waals surface area contributed by atoms with Crippen LogP contribution in [0, 0.1) is 0 Å². The van der Waals surface area contributed by atoms with E-state index in [1.165, 1.54) is 35.1 Å². The Hall–Kier alpha value is -4.77. The van der Waals surface area contributed by atoms with Gasteiger partial charge in [0.05, 0.1) is 19.7 Å². The Bertz CT molecular complexity index is 1740. The van der Waals surface area contributed by atoms with Crippen LogP contribution in [-0.2, 0) is 22.6 Å². The van der Waals surface area contributed by atoms with Gasteiger partial charge in [-0.05, 0) is 43.3 Å². The van der Waals surface area contributed by atoms with Gasteiger partial charge in [0.15, 0.2) is 23.4 Å². The second-order valence-electron chi connectivity index (χ2n) is 9.54. The standard InChI is InChI=1S/C26H25ClF3N9O5/c1-2-44-23(42)21-17(4-3-9-32-21)39-24(36-11-10-31-20(41)14-36)33-19(34-39)13-38-25(43)37(12-18(40)26(28,29)30)22(35-38)15-5-7-16(27)8-6-15/h3-9,18,40H,2,10-14H2,1H3,(H,31,41)/t18-/m0/s1. The molecular weight excluding hydrogens is 611 g/mol. The quantitative estimate of drug-likeness (QED) is 0.257. The average Bonchev–Trinajstić information content (AvgIpc) is 3.54. The zero-order chi connectivity index (χ0) is 31.6. The minimum absolute atomic E-state index is 0.0181. The van der Waals surface area contributed by atoms with Gasteiger partial charge in [0.1, 0.15) is 12.2 Å². The third kappa shape index (κ3) is 6.42. The number of aliphatic hydroxyl groups is 1. The number of benzene rings is 1. The summed E-state index contributed by atoms with van der Waals surface area (Å²) in [6, 6.07) is 8.99. The summed E-state index contributed by atoms with van der Waals surface area (Å²) in [4.78, 5) is 48.5. The number of carbonyl (C=O) groups excluding carboxylic acids is 2. The fourth-order valence-corrected chi connectivity index (χ4v) is 4.57. The molecule has 0 unspecified atom stereocenters. The Labute approximate surface area is 251 Å². The Morgan fingerprint density at radius 2 is 1.93 bits per heavy atom. The van der Waals surface area contributed by atoms with Gasteiger partial charge in [-0.25, -0.2) is 19.3 Å². The highest BCUT2D eigenvalue weighted by Crippen LogP contribution is 2.25. The van der Waals surface area contributed by atoms with Crippen molar-refractivity contribution in [3.63, 3.8) is 0 Å². The number of aromatic nitrogens is 7. The molecule has 232 valence electrons. The third-order valence-corrected chi connectivity index (χ3v) is 6.74. The first-order valence-electron chi connectivity index (χ1n) is 13.2. The number of nitrogens with one attached hydrogen (secondary N) is 1. The number of esters is 1. The summed E-state index contributed by atoms with van der Waals surface area (Å²) in [6.45, 7) is 0.740. The van der Waals surface area contributed by atoms with Crippen molar-refractivity contribution < 1.29 is 32.6 Å². The second kappa shape index (κ2) is 12.5. The maximum absolute atomic E-state index is 13.4. The van der Waals surface area contributed by atoms with Gasteiger partial charge in [0.25, 0.3) is 0 Å². The van der Waals surface area contributed by atoms with Crippen LogP contribution in [0.25, 0.3) is 17.1 Å². The first-order valence-corrected chi connectivity index (χ1v) is 13.6. The highest BCUT2D eigenvalue weighted by atomic mass is 35.5. The molecule has 4 aromatic rings. The Morgan fingerprint density at radius 1 is 1.18 bits per heavy atom. The van der Waals surface area contributed by atoms with Crippen molar-refractivity contribution in [2.75, 3.05) is 31.1 Å². The molecule has 0 radical (unpaired) electrons. The molecule has 1 aliphatic heterocycles. The topological polar surface area (TPSA) is 162 Å². The zero-order valence-corrected chi connectivity index (χ0v) is 23.8. The van der Waals surface area contributed by atoms with Gasteiger partial charge in [-0.2, -0.15) is 22.8 Å². The summed E-state index contributed by atoms with van der Waals surface area (Å²) in [5.41, 5.74) is -0.602. The van der Waals surface area contributed by atoms with Crippen molar-refractivity contribution in [2.45, 2.75) is 32.3 Å². The maximum Gasteiger partial charge on any atom is 0.416 e. The molecule has 2 N–H and O–H groups in total. The molecule has 4 heterocycles. The van der Waals surface area contributed by atoms with Crippen LogP contribution in [0.3, 0.4) is 0 Å². The zero-order valence-electron chi connectivity index (χ0n) is 23.0. The van der Waals surface area contributed by atoms with E-state index in [1.807, 2.05) is 0 Å². The molecule has 14 nitrogen and oxygen atoms in total. The molecule has 1 aliphatic rings. The summed E-state index contributed by atoms with van der Waals surface area (Å²) in [7, 11) is 0. The van der Waals surface area contributed by atoms with Crippen molar-refractivity contribution in [1.82, 2.24) is 39.4 Å². The van der Waals surface area contributed by atoms with Crippen molar-refractivity contribution in [3.05, 3.63) is 69.6 Å². The number of pyridine rings is 1. The number of rotatable bonds is 9. The number of nitrogens with zero attached hydrogens (tertiary/aromatic N) is 8. The van der Waals surface area contributed by atoms with Gasteiger partial charge in [-0.3, -0.25) is 9.36 Å². The van der Waals surface area contributed by atoms with Gasteiger partial charge in [0.2, 0.25) is 11.9 Å². The van der Waals surface area contributed by atoms with Crippen LogP contribution in [0.2, 0.25) is 5.02 Å². The fourth-order valence-electron chi connectivity index (χ4n) is 4.44. The Balaban J connectivity index is 1.60. The molecule has 1 aromatic carbocycles. The minimum Gasteiger partial charge on any atom is -0.461 e. The number of alkyl halides is 3. The molecule has 18 heteroatoms. The molecule has 1 saturated heterocycles. The van der Waals surface area contributed by atoms with Gasteiger partial charge in [-0.1, -0.05) is 11.6 Å². The number of anilines is 1. The van der Waals surface area contributed by atoms with E-state index >= 15 is 0 Å². The normalized spacial score (nSPS) is 14.4. The lowest BCUT2D eigenvalue weighted by molar-refractivity contribution is -0.207. The monoisotopic (exact) mass is 635 g/mol. The van der Waals surface area contributed by atoms with E-state index in [9.17, 15) is 32.7 Å². The fraction of sp³-hybridized carbons (Fsp3) is 0.346. The summed E-state index contributed by atoms with van der Waals surface area (Å²) in [6.07, 6.45) is -6.44. The second-order valence-corrected chi connectivity index (χ2v) is 9.98. The number of amides is 1. The van der Waals surface area contributed by atoms with E-state index in [-0.39, 0.29) is 53.6 Å². The first-order chi connectivity index (χ1) is 21.0. The molecule has 0 spiro atoms. The number of ether oxygens (including phenoxy) is 1. The molecule has 1 fully saturated rings. The summed E-state index contributed by atoms with van der Waals surface area (Å²) in [5.74, 6) is -1.04. The van der Waals surface area contributed by atoms with Crippen LogP contribution in [0.1, 0.15) is 23.2 Å². The van der Waals surface area contributed by atoms with Crippen LogP contribution in [0.15, 0.2) is 47.4 Å². The Kier molecular flexibility index (Phi) is 8.68. The predicted octanol–water partition coefficient (Wildman–Crippen LogP) is 1.43. The van der Waals surface area contributed by atoms with Crippen molar-refractivity contribution in [3.8, 4) is 17.1 Å². The number of hydrogen-bond donors (Lipinski definition) is 2. The SMILES string of the molecule is CCOC(=O)c1ncccc1-n1nc(Cn2nc(-c3ccc(Cl)cc3)n(C[C@H](O)C(F)(F)F)c2=O)nc1N1CCNC(=O)C1. The highest BCUT2D eigenvalue weighted by Gasteiger charge is 2.39. The van der Waals surface area contributed by atoms with E-state index in [0.29, 0.717) is 22.7 Å². The van der Waals surface area contributed by atoms with Gasteiger partial charge in [-0.15, -0.1) is 10.2 Å². The van der Waals surface area contributed by atoms with Crippen molar-refractivity contribution >= 4 is 29.4 Å². The number of halogens is 4. The number of carbonyl (C=O) groups is 2. The van der Waals surface area contributed by atoms with Crippen LogP contribution >= 0.6 is 11.6 Å². The lowest BCUT2D eigenvalue weighted by Crippen LogP contribution is -2.48. The van der Waals surface area contributed by atoms with E-state index in [1.54, 1.807) is 24.0 Å². The molecule has 0 bridgehead atoms. The summed E-state index contributed by atoms with van der Waals surface area (Å²) < 4.78 is 47.7. The third-order valence-electron chi connectivity index (χ3n) is 6.49. The first kappa shape index (κ1) is 30.7. The lowest BCUT2D eigenvalue weighted by Gasteiger charge is -2.27. The lowest BCUT2D eigenvalue weighted by atomic mass is 10.2. The van der Waals surface area contributed by atoms with E-state index in [2.05, 4.69) is 25.5 Å². The number of piperazine rings is 1. The van der Waals surface area contributed by atoms with E-state index in [4.69, 9.17) is 16.3 Å². The van der Waals surface area contributed by atoms with Crippen LogP contribution in [-0.4, -0.2) is 89.6 Å². The molecule has 0 aliphatic carbocycles. The number of hydrogen-bond acceptors (Lipinski definition) is 10. The van der Waals surface area contributed by atoms with Gasteiger partial charge < -0.3 is 20.1 Å². The smallest absolute Gasteiger partial charge is 0.416 e. The largest absolute Gasteiger partial charge is 0.461 e. The van der Waals surface area contributed by atoms with E-state index < -0.39 is 37.0 Å². The van der Waals surface area contributed by atoms with Crippen molar-refractivity contribution in [1.29, 1.82) is 0 Å². The van der Waals surface area contributed by atoms with Gasteiger partial charge in [0, 0.05) is 29.9 Å². The maximum atomic E-state index is 13.4. The highest BCUT2D eigenvalue weighted by molar-refractivity contribution is 6.30. The summed E-state index contributed by atoms with van der Waals surface area (Å²) in [5, 5.41) is 21.5. The van der Waals surface area contributed by atoms with E-state index in [0.717, 1.165) is 4.68 Å². The van der Waals surface area contributed by atoms with Crippen molar-refractivity contribution in [2.24, 2.45) is 0 Å². The minimum atomic E-state index is -4.99. The molecule has 3 aromatic heterocycles. The summed E-state index contributed by atoms with van der Waals surface area (Å²) >= 11 is 5.95. The molecule has 0 saturated carbocycles. The average molecular weight is 636 g/mol. The number of aliphatic hydroxyl groups excluding tert-OH is 1. The molecular formula is C26H25ClF3N9O5.